The Labute approximate surface area is 227 Å². The van der Waals surface area contributed by atoms with E-state index in [0.29, 0.717) is 24.4 Å². The lowest BCUT2D eigenvalue weighted by atomic mass is 9.86. The van der Waals surface area contributed by atoms with Gasteiger partial charge >= 0.3 is 7.60 Å². The van der Waals surface area contributed by atoms with Gasteiger partial charge in [0.05, 0.1) is 6.16 Å². The van der Waals surface area contributed by atoms with Crippen LogP contribution in [0.5, 0.6) is 0 Å². The van der Waals surface area contributed by atoms with Crippen molar-refractivity contribution in [3.05, 3.63) is 6.07 Å². The Morgan fingerprint density at radius 1 is 0.947 bits per heavy atom. The second kappa shape index (κ2) is 14.8. The van der Waals surface area contributed by atoms with E-state index in [1.165, 1.54) is 51.4 Å². The molecule has 0 amide bonds. The van der Waals surface area contributed by atoms with E-state index in [9.17, 15) is 4.57 Å². The van der Waals surface area contributed by atoms with Gasteiger partial charge in [0, 0.05) is 50.9 Å². The van der Waals surface area contributed by atoms with Crippen molar-refractivity contribution in [2.24, 2.45) is 5.92 Å². The first-order valence-corrected chi connectivity index (χ1v) is 16.5. The van der Waals surface area contributed by atoms with Gasteiger partial charge in [-0.2, -0.15) is 9.97 Å². The molecule has 0 atom stereocenters. The number of piperazine rings is 1. The maximum atomic E-state index is 11.2. The molecule has 4 rings (SSSR count). The Bertz CT molecular complexity index is 881. The Morgan fingerprint density at radius 2 is 1.68 bits per heavy atom. The minimum atomic E-state index is -3.96. The number of nitrogens with two attached hydrogens (primary N) is 1. The molecule has 38 heavy (non-hydrogen) atoms. The largest absolute Gasteiger partial charge is 0.383 e. The molecular formula is C26H49N8O3P. The van der Waals surface area contributed by atoms with Gasteiger partial charge in [-0.3, -0.25) is 9.46 Å². The normalized spacial score (nSPS) is 24.0. The Balaban J connectivity index is 1.12. The highest BCUT2D eigenvalue weighted by Gasteiger charge is 2.24. The van der Waals surface area contributed by atoms with Crippen LogP contribution in [0.3, 0.4) is 0 Å². The molecule has 0 aromatic carbocycles. The average Bonchev–Trinajstić information content (AvgIpc) is 2.90. The van der Waals surface area contributed by atoms with Crippen LogP contribution in [-0.2, 0) is 4.57 Å². The summed E-state index contributed by atoms with van der Waals surface area (Å²) in [6.07, 6.45) is 12.6. The van der Waals surface area contributed by atoms with Crippen molar-refractivity contribution in [1.82, 2.24) is 25.5 Å². The number of nitrogen functional groups attached to an aromatic ring is 1. The molecule has 3 aliphatic rings. The summed E-state index contributed by atoms with van der Waals surface area (Å²) < 4.78 is 11.2. The van der Waals surface area contributed by atoms with Gasteiger partial charge in [-0.15, -0.1) is 0 Å². The molecule has 11 nitrogen and oxygen atoms in total. The standard InChI is InChI=1S/C26H49N8O3P/c27-24-19-25(34-15-13-33(14-16-34)17-18-38(35,36)37)32-26(31-24)30-23-9-7-21(8-10-23)20-28-11-4-12-29-22-5-2-1-3-6-22/h19,21-23,28-29H,1-18,20H2,(H2,35,36,37)(H3,27,30,31,32)/t21-,23-. The predicted molar refractivity (Wildman–Crippen MR) is 154 cm³/mol. The van der Waals surface area contributed by atoms with Crippen molar-refractivity contribution in [2.75, 3.05) is 74.5 Å². The lowest BCUT2D eigenvalue weighted by Crippen LogP contribution is -2.47. The zero-order valence-electron chi connectivity index (χ0n) is 22.9. The van der Waals surface area contributed by atoms with Crippen molar-refractivity contribution in [3.63, 3.8) is 0 Å². The molecule has 1 aliphatic heterocycles. The van der Waals surface area contributed by atoms with Gasteiger partial charge in [-0.25, -0.2) is 0 Å². The maximum absolute atomic E-state index is 11.2. The number of rotatable bonds is 13. The molecule has 2 heterocycles. The fraction of sp³-hybridized carbons (Fsp3) is 0.846. The summed E-state index contributed by atoms with van der Waals surface area (Å²) in [4.78, 5) is 31.7. The van der Waals surface area contributed by atoms with Gasteiger partial charge in [0.15, 0.2) is 0 Å². The van der Waals surface area contributed by atoms with Gasteiger partial charge in [0.1, 0.15) is 11.6 Å². The van der Waals surface area contributed by atoms with Crippen LogP contribution >= 0.6 is 7.60 Å². The zero-order chi connectivity index (χ0) is 26.8. The van der Waals surface area contributed by atoms with Crippen molar-refractivity contribution in [1.29, 1.82) is 0 Å². The summed E-state index contributed by atoms with van der Waals surface area (Å²) in [7, 11) is -3.96. The quantitative estimate of drug-likeness (QED) is 0.158. The lowest BCUT2D eigenvalue weighted by molar-refractivity contribution is 0.264. The maximum Gasteiger partial charge on any atom is 0.326 e. The van der Waals surface area contributed by atoms with Crippen molar-refractivity contribution >= 4 is 25.2 Å². The van der Waals surface area contributed by atoms with Gasteiger partial charge in [-0.05, 0) is 70.5 Å². The second-order valence-corrected chi connectivity index (χ2v) is 13.2. The van der Waals surface area contributed by atoms with Crippen LogP contribution in [0, 0.1) is 5.92 Å². The van der Waals surface area contributed by atoms with Crippen LogP contribution in [0.25, 0.3) is 0 Å². The molecule has 1 aromatic rings. The van der Waals surface area contributed by atoms with Gasteiger partial charge in [-0.1, -0.05) is 19.3 Å². The molecule has 0 radical (unpaired) electrons. The summed E-state index contributed by atoms with van der Waals surface area (Å²) in [5, 5.41) is 10.9. The monoisotopic (exact) mass is 552 g/mol. The van der Waals surface area contributed by atoms with Gasteiger partial charge < -0.3 is 36.4 Å². The van der Waals surface area contributed by atoms with Crippen LogP contribution in [0.4, 0.5) is 17.6 Å². The summed E-state index contributed by atoms with van der Waals surface area (Å²) >= 11 is 0. The molecule has 0 unspecified atom stereocenters. The number of nitrogens with zero attached hydrogens (tertiary/aromatic N) is 4. The molecule has 0 bridgehead atoms. The number of nitrogens with one attached hydrogen (secondary N) is 3. The molecule has 1 aromatic heterocycles. The highest BCUT2D eigenvalue weighted by Crippen LogP contribution is 2.34. The highest BCUT2D eigenvalue weighted by molar-refractivity contribution is 7.51. The second-order valence-electron chi connectivity index (χ2n) is 11.4. The number of aromatic nitrogens is 2. The van der Waals surface area contributed by atoms with E-state index in [1.54, 1.807) is 0 Å². The third-order valence-electron chi connectivity index (χ3n) is 8.32. The SMILES string of the molecule is Nc1cc(N2CCN(CCP(=O)(O)O)CC2)nc(N[C@H]2CC[C@H](CNCCCNC3CCCCC3)CC2)n1. The first-order chi connectivity index (χ1) is 18.3. The van der Waals surface area contributed by atoms with Crippen LogP contribution in [0.1, 0.15) is 64.2 Å². The van der Waals surface area contributed by atoms with E-state index in [-0.39, 0.29) is 6.16 Å². The molecule has 1 saturated heterocycles. The summed E-state index contributed by atoms with van der Waals surface area (Å²) in [6, 6.07) is 2.93. The average molecular weight is 553 g/mol. The van der Waals surface area contributed by atoms with E-state index in [2.05, 4.69) is 30.7 Å². The van der Waals surface area contributed by atoms with E-state index in [1.807, 2.05) is 6.07 Å². The number of hydrogen-bond donors (Lipinski definition) is 6. The van der Waals surface area contributed by atoms with Crippen molar-refractivity contribution in [3.8, 4) is 0 Å². The Hall–Kier alpha value is -1.49. The summed E-state index contributed by atoms with van der Waals surface area (Å²) in [5.41, 5.74) is 6.12. The number of anilines is 3. The zero-order valence-corrected chi connectivity index (χ0v) is 23.8. The van der Waals surface area contributed by atoms with Gasteiger partial charge in [0.25, 0.3) is 0 Å². The minimum Gasteiger partial charge on any atom is -0.383 e. The molecule has 0 spiro atoms. The van der Waals surface area contributed by atoms with Crippen molar-refractivity contribution in [2.45, 2.75) is 76.3 Å². The van der Waals surface area contributed by atoms with Crippen LogP contribution in [0.15, 0.2) is 6.07 Å². The third kappa shape index (κ3) is 10.2. The molecule has 2 saturated carbocycles. The topological polar surface area (TPSA) is 152 Å². The summed E-state index contributed by atoms with van der Waals surface area (Å²) in [6.45, 7) is 6.70. The van der Waals surface area contributed by atoms with Crippen LogP contribution in [0.2, 0.25) is 0 Å². The van der Waals surface area contributed by atoms with E-state index < -0.39 is 7.60 Å². The Kier molecular flexibility index (Phi) is 11.5. The van der Waals surface area contributed by atoms with E-state index in [0.717, 1.165) is 76.4 Å². The minimum absolute atomic E-state index is 0.0995. The molecule has 3 fully saturated rings. The van der Waals surface area contributed by atoms with E-state index in [4.69, 9.17) is 20.5 Å². The molecule has 12 heteroatoms. The number of hydrogen-bond acceptors (Lipinski definition) is 9. The first-order valence-electron chi connectivity index (χ1n) is 14.7. The van der Waals surface area contributed by atoms with Crippen molar-refractivity contribution < 1.29 is 14.4 Å². The summed E-state index contributed by atoms with van der Waals surface area (Å²) in [5.74, 6) is 2.59. The third-order valence-corrected chi connectivity index (χ3v) is 9.10. The highest BCUT2D eigenvalue weighted by atomic mass is 31.2. The van der Waals surface area contributed by atoms with E-state index >= 15 is 0 Å². The smallest absolute Gasteiger partial charge is 0.326 e. The first kappa shape index (κ1) is 29.5. The Morgan fingerprint density at radius 3 is 2.39 bits per heavy atom. The molecular weight excluding hydrogens is 503 g/mol. The van der Waals surface area contributed by atoms with Crippen LogP contribution < -0.4 is 26.6 Å². The van der Waals surface area contributed by atoms with Gasteiger partial charge in [0.2, 0.25) is 5.95 Å². The lowest BCUT2D eigenvalue weighted by Gasteiger charge is -2.35. The fourth-order valence-electron chi connectivity index (χ4n) is 5.98. The van der Waals surface area contributed by atoms with Crippen LogP contribution in [-0.4, -0.2) is 95.3 Å². The molecule has 7 N–H and O–H groups in total. The molecule has 2 aliphatic carbocycles. The fourth-order valence-corrected chi connectivity index (χ4v) is 6.52. The predicted octanol–water partition coefficient (Wildman–Crippen LogP) is 2.23. The molecule has 216 valence electrons.